The van der Waals surface area contributed by atoms with Gasteiger partial charge in [0, 0.05) is 37.1 Å². The maximum absolute atomic E-state index is 14.6. The van der Waals surface area contributed by atoms with Gasteiger partial charge in [-0.25, -0.2) is 14.4 Å². The monoisotopic (exact) mass is 411 g/mol. The van der Waals surface area contributed by atoms with Crippen molar-refractivity contribution < 1.29 is 13.9 Å². The Labute approximate surface area is 175 Å². The molecule has 0 spiro atoms. The van der Waals surface area contributed by atoms with Crippen LogP contribution in [0.3, 0.4) is 0 Å². The Morgan fingerprint density at radius 3 is 2.53 bits per heavy atom. The van der Waals surface area contributed by atoms with Gasteiger partial charge in [0.1, 0.15) is 0 Å². The molecule has 0 bridgehead atoms. The van der Waals surface area contributed by atoms with Crippen LogP contribution in [0.4, 0.5) is 16.0 Å². The number of halogens is 1. The van der Waals surface area contributed by atoms with Gasteiger partial charge in [-0.3, -0.25) is 9.48 Å². The maximum Gasteiger partial charge on any atom is 0.227 e. The van der Waals surface area contributed by atoms with Crippen molar-refractivity contribution in [3.05, 3.63) is 58.9 Å². The van der Waals surface area contributed by atoms with Crippen LogP contribution >= 0.6 is 0 Å². The van der Waals surface area contributed by atoms with E-state index in [-0.39, 0.29) is 11.5 Å². The predicted molar refractivity (Wildman–Crippen MR) is 113 cm³/mol. The van der Waals surface area contributed by atoms with Crippen LogP contribution in [0, 0.1) is 12.7 Å². The Morgan fingerprint density at radius 2 is 1.93 bits per heavy atom. The second kappa shape index (κ2) is 9.47. The smallest absolute Gasteiger partial charge is 0.227 e. The number of hydrogen-bond donors (Lipinski definition) is 1. The van der Waals surface area contributed by atoms with Crippen LogP contribution < -0.4 is 10.1 Å². The highest BCUT2D eigenvalue weighted by Gasteiger charge is 2.15. The summed E-state index contributed by atoms with van der Waals surface area (Å²) in [7, 11) is 1.40. The van der Waals surface area contributed by atoms with Crippen LogP contribution in [-0.4, -0.2) is 32.6 Å². The van der Waals surface area contributed by atoms with E-state index in [0.717, 1.165) is 23.5 Å². The summed E-state index contributed by atoms with van der Waals surface area (Å²) in [5.41, 5.74) is 3.50. The number of anilines is 2. The van der Waals surface area contributed by atoms with E-state index in [4.69, 9.17) is 4.74 Å². The van der Waals surface area contributed by atoms with E-state index < -0.39 is 5.82 Å². The van der Waals surface area contributed by atoms with Crippen LogP contribution in [0.5, 0.6) is 5.75 Å². The first-order chi connectivity index (χ1) is 14.4. The van der Waals surface area contributed by atoms with E-state index in [1.165, 1.54) is 13.2 Å². The molecular weight excluding hydrogens is 385 g/mol. The van der Waals surface area contributed by atoms with E-state index >= 15 is 0 Å². The molecule has 7 nitrogen and oxygen atoms in total. The third kappa shape index (κ3) is 4.82. The van der Waals surface area contributed by atoms with Crippen LogP contribution in [0.1, 0.15) is 47.4 Å². The number of hydrogen-bond acceptors (Lipinski definition) is 6. The van der Waals surface area contributed by atoms with Gasteiger partial charge < -0.3 is 10.1 Å². The van der Waals surface area contributed by atoms with Crippen molar-refractivity contribution in [3.8, 4) is 5.75 Å². The summed E-state index contributed by atoms with van der Waals surface area (Å²) >= 11 is 0. The number of carbonyl (C=O) groups excluding carboxylic acids is 1. The van der Waals surface area contributed by atoms with Crippen molar-refractivity contribution in [1.82, 2.24) is 19.7 Å². The number of ether oxygens (including phenoxy) is 1. The molecule has 3 rings (SSSR count). The molecule has 0 unspecified atom stereocenters. The molecule has 0 amide bonds. The average molecular weight is 411 g/mol. The van der Waals surface area contributed by atoms with Crippen molar-refractivity contribution in [2.75, 3.05) is 12.4 Å². The van der Waals surface area contributed by atoms with Crippen LogP contribution in [-0.2, 0) is 19.4 Å². The molecule has 0 saturated carbocycles. The topological polar surface area (TPSA) is 81.9 Å². The Bertz CT molecular complexity index is 1030. The molecule has 2 aromatic heterocycles. The van der Waals surface area contributed by atoms with E-state index in [2.05, 4.69) is 20.4 Å². The molecule has 0 aliphatic heterocycles. The minimum atomic E-state index is -0.437. The number of rotatable bonds is 9. The Hall–Kier alpha value is -3.29. The van der Waals surface area contributed by atoms with Gasteiger partial charge in [-0.1, -0.05) is 6.92 Å². The summed E-state index contributed by atoms with van der Waals surface area (Å²) in [6.07, 6.45) is 6.64. The van der Waals surface area contributed by atoms with Gasteiger partial charge in [0.15, 0.2) is 17.3 Å². The van der Waals surface area contributed by atoms with Crippen molar-refractivity contribution in [1.29, 1.82) is 0 Å². The molecule has 0 aliphatic carbocycles. The summed E-state index contributed by atoms with van der Waals surface area (Å²) in [6.45, 7) is 6.51. The highest BCUT2D eigenvalue weighted by Crippen LogP contribution is 2.25. The lowest BCUT2D eigenvalue weighted by molar-refractivity contribution is 0.0987. The van der Waals surface area contributed by atoms with Gasteiger partial charge in [0.25, 0.3) is 0 Å². The van der Waals surface area contributed by atoms with Gasteiger partial charge in [-0.05, 0) is 49.9 Å². The summed E-state index contributed by atoms with van der Waals surface area (Å²) < 4.78 is 21.6. The highest BCUT2D eigenvalue weighted by atomic mass is 19.1. The maximum atomic E-state index is 14.6. The van der Waals surface area contributed by atoms with E-state index in [9.17, 15) is 9.18 Å². The first kappa shape index (κ1) is 21.4. The zero-order valence-corrected chi connectivity index (χ0v) is 17.7. The lowest BCUT2D eigenvalue weighted by Gasteiger charge is -2.11. The highest BCUT2D eigenvalue weighted by molar-refractivity contribution is 5.96. The fourth-order valence-electron chi connectivity index (χ4n) is 3.10. The van der Waals surface area contributed by atoms with Crippen LogP contribution in [0.25, 0.3) is 0 Å². The molecule has 0 atom stereocenters. The van der Waals surface area contributed by atoms with Gasteiger partial charge in [-0.15, -0.1) is 0 Å². The quantitative estimate of drug-likeness (QED) is 0.530. The van der Waals surface area contributed by atoms with Crippen LogP contribution in [0.2, 0.25) is 0 Å². The number of nitrogens with one attached hydrogen (secondary N) is 1. The third-order valence-corrected chi connectivity index (χ3v) is 4.88. The SMILES string of the molecule is CCC(=O)c1cc(CCc2cnc(Nc3cn(CC)nc3C)nc2)c(F)c(OC)c1. The minimum absolute atomic E-state index is 0.0463. The zero-order valence-electron chi connectivity index (χ0n) is 17.7. The Morgan fingerprint density at radius 1 is 1.20 bits per heavy atom. The number of benzene rings is 1. The number of nitrogens with zero attached hydrogens (tertiary/aromatic N) is 4. The van der Waals surface area contributed by atoms with Gasteiger partial charge in [0.05, 0.1) is 18.5 Å². The summed E-state index contributed by atoms with van der Waals surface area (Å²) in [6, 6.07) is 3.06. The van der Waals surface area contributed by atoms with E-state index in [1.807, 2.05) is 24.7 Å². The molecule has 1 aromatic carbocycles. The third-order valence-electron chi connectivity index (χ3n) is 4.88. The average Bonchev–Trinajstić information content (AvgIpc) is 3.12. The molecule has 30 heavy (non-hydrogen) atoms. The molecule has 0 fully saturated rings. The van der Waals surface area contributed by atoms with Crippen molar-refractivity contribution in [2.24, 2.45) is 0 Å². The molecule has 3 aromatic rings. The van der Waals surface area contributed by atoms with E-state index in [0.29, 0.717) is 36.3 Å². The van der Waals surface area contributed by atoms with Gasteiger partial charge in [-0.2, -0.15) is 5.10 Å². The van der Waals surface area contributed by atoms with E-state index in [1.54, 1.807) is 25.4 Å². The largest absolute Gasteiger partial charge is 0.494 e. The Balaban J connectivity index is 1.70. The number of methoxy groups -OCH3 is 1. The zero-order chi connectivity index (χ0) is 21.7. The number of Topliss-reactive ketones (excluding diaryl/α,β-unsaturated/α-hetero) is 1. The summed E-state index contributed by atoms with van der Waals surface area (Å²) in [4.78, 5) is 20.7. The number of aryl methyl sites for hydroxylation is 4. The van der Waals surface area contributed by atoms with Crippen LogP contribution in [0.15, 0.2) is 30.7 Å². The first-order valence-electron chi connectivity index (χ1n) is 9.96. The number of aromatic nitrogens is 4. The van der Waals surface area contributed by atoms with Crippen molar-refractivity contribution in [3.63, 3.8) is 0 Å². The van der Waals surface area contributed by atoms with Gasteiger partial charge >= 0.3 is 0 Å². The standard InChI is InChI=1S/C22H26FN5O2/c1-5-19(29)17-9-16(21(23)20(10-17)30-4)8-7-15-11-24-22(25-12-15)26-18-13-28(6-2)27-14(18)3/h9-13H,5-8H2,1-4H3,(H,24,25,26). The normalized spacial score (nSPS) is 10.8. The molecule has 8 heteroatoms. The van der Waals surface area contributed by atoms with Gasteiger partial charge in [0.2, 0.25) is 5.95 Å². The number of ketones is 1. The number of carbonyl (C=O) groups is 1. The fraction of sp³-hybridized carbons (Fsp3) is 0.364. The first-order valence-corrected chi connectivity index (χ1v) is 9.96. The molecule has 1 N–H and O–H groups in total. The summed E-state index contributed by atoms with van der Waals surface area (Å²) in [5, 5.41) is 7.54. The molecule has 158 valence electrons. The molecule has 2 heterocycles. The molecule has 0 aliphatic rings. The summed E-state index contributed by atoms with van der Waals surface area (Å²) in [5.74, 6) is 0.0757. The fourth-order valence-corrected chi connectivity index (χ4v) is 3.10. The molecular formula is C22H26FN5O2. The van der Waals surface area contributed by atoms with Crippen molar-refractivity contribution in [2.45, 2.75) is 46.6 Å². The lowest BCUT2D eigenvalue weighted by Crippen LogP contribution is -2.04. The van der Waals surface area contributed by atoms with Crippen molar-refractivity contribution >= 4 is 17.4 Å². The predicted octanol–water partition coefficient (Wildman–Crippen LogP) is 4.27. The second-order valence-electron chi connectivity index (χ2n) is 6.95. The Kier molecular flexibility index (Phi) is 6.76. The molecule has 0 saturated heterocycles. The second-order valence-corrected chi connectivity index (χ2v) is 6.95. The lowest BCUT2D eigenvalue weighted by atomic mass is 10.00. The molecule has 0 radical (unpaired) electrons. The minimum Gasteiger partial charge on any atom is -0.494 e.